The van der Waals surface area contributed by atoms with Gasteiger partial charge >= 0.3 is 0 Å². The highest BCUT2D eigenvalue weighted by atomic mass is 15.0. The molecule has 2 heteroatoms. The minimum absolute atomic E-state index is 0.831. The predicted molar refractivity (Wildman–Crippen MR) is 48.3 cm³/mol. The molecule has 0 aliphatic carbocycles. The molecule has 0 aliphatic rings. The van der Waals surface area contributed by atoms with Crippen LogP contribution in [0.2, 0.25) is 0 Å². The normalized spacial score (nSPS) is 10.4. The zero-order valence-corrected chi connectivity index (χ0v) is 6.83. The molecule has 0 heterocycles. The second kappa shape index (κ2) is 4.19. The van der Waals surface area contributed by atoms with Crippen molar-refractivity contribution >= 4 is 7.98 Å². The van der Waals surface area contributed by atoms with E-state index in [2.05, 4.69) is 12.1 Å². The maximum atomic E-state index is 5.64. The Morgan fingerprint density at radius 2 is 1.91 bits per heavy atom. The molecule has 0 aliphatic heterocycles. The summed E-state index contributed by atoms with van der Waals surface area (Å²) in [5, 5.41) is 0. The highest BCUT2D eigenvalue weighted by Crippen LogP contribution is 2.00. The molecule has 0 saturated carbocycles. The minimum Gasteiger partial charge on any atom is -0.350 e. The second-order valence-electron chi connectivity index (χ2n) is 2.55. The van der Waals surface area contributed by atoms with Gasteiger partial charge in [0.1, 0.15) is 0 Å². The summed E-state index contributed by atoms with van der Waals surface area (Å²) < 4.78 is 0. The van der Waals surface area contributed by atoms with Crippen LogP contribution in [0.15, 0.2) is 30.3 Å². The molecule has 11 heavy (non-hydrogen) atoms. The van der Waals surface area contributed by atoms with Gasteiger partial charge in [-0.25, -0.2) is 0 Å². The van der Waals surface area contributed by atoms with Gasteiger partial charge in [-0.3, -0.25) is 0 Å². The van der Waals surface area contributed by atoms with Gasteiger partial charge in [0.15, 0.2) is 7.98 Å². The van der Waals surface area contributed by atoms with E-state index in [0.29, 0.717) is 0 Å². The van der Waals surface area contributed by atoms with Crippen LogP contribution in [0.25, 0.3) is 0 Å². The fourth-order valence-electron chi connectivity index (χ4n) is 0.930. The standard InChI is InChI=1S/C9H12BN/c1-2-11(10)8-9-6-4-3-5-7-9/h3-7H,2,8H2,1H3. The van der Waals surface area contributed by atoms with Gasteiger partial charge in [0.2, 0.25) is 0 Å². The molecule has 0 aromatic heterocycles. The molecule has 0 fully saturated rings. The average Bonchev–Trinajstić information content (AvgIpc) is 2.06. The van der Waals surface area contributed by atoms with Crippen LogP contribution < -0.4 is 0 Å². The molecular weight excluding hydrogens is 133 g/mol. The van der Waals surface area contributed by atoms with E-state index >= 15 is 0 Å². The Morgan fingerprint density at radius 3 is 2.45 bits per heavy atom. The van der Waals surface area contributed by atoms with Gasteiger partial charge in [-0.2, -0.15) is 0 Å². The molecule has 0 atom stereocenters. The average molecular weight is 145 g/mol. The molecule has 0 bridgehead atoms. The third-order valence-corrected chi connectivity index (χ3v) is 1.63. The molecule has 56 valence electrons. The summed E-state index contributed by atoms with van der Waals surface area (Å²) in [4.78, 5) is 1.79. The monoisotopic (exact) mass is 145 g/mol. The Balaban J connectivity index is 2.51. The van der Waals surface area contributed by atoms with E-state index < -0.39 is 0 Å². The van der Waals surface area contributed by atoms with E-state index in [-0.39, 0.29) is 0 Å². The molecule has 1 rings (SSSR count). The Labute approximate surface area is 69.5 Å². The molecule has 1 aromatic carbocycles. The van der Waals surface area contributed by atoms with E-state index in [1.807, 2.05) is 25.1 Å². The van der Waals surface area contributed by atoms with E-state index in [1.54, 1.807) is 4.81 Å². The summed E-state index contributed by atoms with van der Waals surface area (Å²) in [7, 11) is 5.64. The number of nitrogens with zero attached hydrogens (tertiary/aromatic N) is 1. The predicted octanol–water partition coefficient (Wildman–Crippen LogP) is 1.59. The first-order valence-corrected chi connectivity index (χ1v) is 3.86. The van der Waals surface area contributed by atoms with E-state index in [0.717, 1.165) is 13.1 Å². The quantitative estimate of drug-likeness (QED) is 0.583. The van der Waals surface area contributed by atoms with Gasteiger partial charge in [-0.05, 0) is 12.1 Å². The smallest absolute Gasteiger partial charge is 0.182 e. The minimum atomic E-state index is 0.831. The van der Waals surface area contributed by atoms with Crippen molar-refractivity contribution < 1.29 is 0 Å². The van der Waals surface area contributed by atoms with Crippen LogP contribution in [0.3, 0.4) is 0 Å². The first kappa shape index (κ1) is 8.34. The van der Waals surface area contributed by atoms with Crippen molar-refractivity contribution in [2.24, 2.45) is 0 Å². The molecule has 0 saturated heterocycles. The van der Waals surface area contributed by atoms with Gasteiger partial charge in [-0.1, -0.05) is 37.3 Å². The van der Waals surface area contributed by atoms with E-state index in [4.69, 9.17) is 7.98 Å². The third-order valence-electron chi connectivity index (χ3n) is 1.63. The first-order valence-electron chi connectivity index (χ1n) is 3.86. The fraction of sp³-hybridized carbons (Fsp3) is 0.333. The van der Waals surface area contributed by atoms with E-state index in [9.17, 15) is 0 Å². The van der Waals surface area contributed by atoms with Crippen molar-refractivity contribution in [2.75, 3.05) is 6.54 Å². The lowest BCUT2D eigenvalue weighted by atomic mass is 10.2. The maximum absolute atomic E-state index is 5.64. The van der Waals surface area contributed by atoms with Crippen molar-refractivity contribution in [2.45, 2.75) is 13.5 Å². The summed E-state index contributed by atoms with van der Waals surface area (Å²) in [6.07, 6.45) is 0. The molecule has 0 spiro atoms. The Hall–Kier alpha value is -0.755. The molecule has 2 radical (unpaired) electrons. The molecule has 1 nitrogen and oxygen atoms in total. The summed E-state index contributed by atoms with van der Waals surface area (Å²) >= 11 is 0. The zero-order valence-electron chi connectivity index (χ0n) is 6.83. The molecule has 0 unspecified atom stereocenters. The largest absolute Gasteiger partial charge is 0.350 e. The Morgan fingerprint density at radius 1 is 1.27 bits per heavy atom. The zero-order chi connectivity index (χ0) is 8.10. The third kappa shape index (κ3) is 2.77. The van der Waals surface area contributed by atoms with Crippen molar-refractivity contribution in [1.82, 2.24) is 4.81 Å². The van der Waals surface area contributed by atoms with Crippen LogP contribution in [-0.4, -0.2) is 19.3 Å². The van der Waals surface area contributed by atoms with Gasteiger partial charge in [0, 0.05) is 6.54 Å². The molecule has 0 amide bonds. The summed E-state index contributed by atoms with van der Waals surface area (Å²) in [5.74, 6) is 0. The lowest BCUT2D eigenvalue weighted by Crippen LogP contribution is -2.18. The van der Waals surface area contributed by atoms with Crippen LogP contribution in [0.1, 0.15) is 12.5 Å². The number of hydrogen-bond acceptors (Lipinski definition) is 1. The highest BCUT2D eigenvalue weighted by Gasteiger charge is 1.94. The van der Waals surface area contributed by atoms with Gasteiger partial charge in [0.05, 0.1) is 0 Å². The highest BCUT2D eigenvalue weighted by molar-refractivity contribution is 6.04. The van der Waals surface area contributed by atoms with Gasteiger partial charge in [-0.15, -0.1) is 0 Å². The Bertz CT molecular complexity index is 198. The van der Waals surface area contributed by atoms with Crippen LogP contribution in [0, 0.1) is 0 Å². The first-order chi connectivity index (χ1) is 5.33. The SMILES string of the molecule is [B]N(CC)Cc1ccccc1. The number of benzene rings is 1. The molecular formula is C9H12BN. The maximum Gasteiger partial charge on any atom is 0.182 e. The topological polar surface area (TPSA) is 3.24 Å². The van der Waals surface area contributed by atoms with Crippen molar-refractivity contribution in [3.05, 3.63) is 35.9 Å². The number of hydrogen-bond donors (Lipinski definition) is 0. The van der Waals surface area contributed by atoms with Gasteiger partial charge < -0.3 is 4.81 Å². The summed E-state index contributed by atoms with van der Waals surface area (Å²) in [6.45, 7) is 3.76. The summed E-state index contributed by atoms with van der Waals surface area (Å²) in [5.41, 5.74) is 1.26. The van der Waals surface area contributed by atoms with Crippen LogP contribution in [-0.2, 0) is 6.54 Å². The van der Waals surface area contributed by atoms with Crippen molar-refractivity contribution in [1.29, 1.82) is 0 Å². The Kier molecular flexibility index (Phi) is 3.18. The van der Waals surface area contributed by atoms with Gasteiger partial charge in [0.25, 0.3) is 0 Å². The summed E-state index contributed by atoms with van der Waals surface area (Å²) in [6, 6.07) is 10.2. The van der Waals surface area contributed by atoms with Crippen LogP contribution >= 0.6 is 0 Å². The van der Waals surface area contributed by atoms with Crippen LogP contribution in [0.4, 0.5) is 0 Å². The molecule has 0 N–H and O–H groups in total. The lowest BCUT2D eigenvalue weighted by molar-refractivity contribution is 0.473. The second-order valence-corrected chi connectivity index (χ2v) is 2.55. The van der Waals surface area contributed by atoms with E-state index in [1.165, 1.54) is 5.56 Å². The van der Waals surface area contributed by atoms with Crippen molar-refractivity contribution in [3.63, 3.8) is 0 Å². The fourth-order valence-corrected chi connectivity index (χ4v) is 0.930. The molecule has 1 aromatic rings. The number of rotatable bonds is 3. The van der Waals surface area contributed by atoms with Crippen molar-refractivity contribution in [3.8, 4) is 0 Å². The van der Waals surface area contributed by atoms with Crippen LogP contribution in [0.5, 0.6) is 0 Å². The lowest BCUT2D eigenvalue weighted by Gasteiger charge is -2.13.